The first kappa shape index (κ1) is 16.2. The molecular weight excluding hydrogens is 264 g/mol. The highest BCUT2D eigenvalue weighted by Gasteiger charge is 2.29. The van der Waals surface area contributed by atoms with E-state index < -0.39 is 17.4 Å². The molecule has 8 heteroatoms. The predicted molar refractivity (Wildman–Crippen MR) is 72.1 cm³/mol. The first-order valence-corrected chi connectivity index (χ1v) is 6.53. The molecule has 0 radical (unpaired) electrons. The molecule has 0 bridgehead atoms. The Labute approximate surface area is 117 Å². The molecule has 0 saturated carbocycles. The zero-order valence-corrected chi connectivity index (χ0v) is 11.9. The van der Waals surface area contributed by atoms with Crippen LogP contribution in [-0.4, -0.2) is 71.1 Å². The predicted octanol–water partition coefficient (Wildman–Crippen LogP) is -0.948. The Hall–Kier alpha value is -1.83. The van der Waals surface area contributed by atoms with E-state index in [2.05, 4.69) is 5.32 Å². The number of nitrogens with two attached hydrogens (primary N) is 1. The molecule has 0 aliphatic carbocycles. The van der Waals surface area contributed by atoms with Crippen molar-refractivity contribution in [2.45, 2.75) is 25.8 Å². The molecule has 1 rings (SSSR count). The highest BCUT2D eigenvalue weighted by atomic mass is 16.4. The third-order valence-electron chi connectivity index (χ3n) is 3.27. The maximum Gasteiger partial charge on any atom is 0.318 e. The molecule has 1 fully saturated rings. The summed E-state index contributed by atoms with van der Waals surface area (Å²) >= 11 is 0. The summed E-state index contributed by atoms with van der Waals surface area (Å²) in [6.07, 6.45) is 0.692. The maximum atomic E-state index is 12.1. The molecule has 4 N–H and O–H groups in total. The quantitative estimate of drug-likeness (QED) is 0.616. The second-order valence-electron chi connectivity index (χ2n) is 5.43. The number of carbonyl (C=O) groups excluding carboxylic acids is 2. The van der Waals surface area contributed by atoms with E-state index in [4.69, 9.17) is 10.8 Å². The fourth-order valence-corrected chi connectivity index (χ4v) is 1.93. The number of hydrogen-bond donors (Lipinski definition) is 3. The van der Waals surface area contributed by atoms with E-state index in [-0.39, 0.29) is 12.6 Å². The lowest BCUT2D eigenvalue weighted by Crippen LogP contribution is -2.57. The van der Waals surface area contributed by atoms with Gasteiger partial charge in [-0.1, -0.05) is 0 Å². The van der Waals surface area contributed by atoms with E-state index in [0.717, 1.165) is 0 Å². The largest absolute Gasteiger partial charge is 0.480 e. The van der Waals surface area contributed by atoms with Crippen LogP contribution in [0.3, 0.4) is 0 Å². The number of hydrogen-bond acceptors (Lipinski definition) is 4. The van der Waals surface area contributed by atoms with E-state index in [1.54, 1.807) is 23.6 Å². The van der Waals surface area contributed by atoms with Gasteiger partial charge in [-0.2, -0.15) is 0 Å². The van der Waals surface area contributed by atoms with Crippen molar-refractivity contribution >= 4 is 17.9 Å². The lowest BCUT2D eigenvalue weighted by molar-refractivity contribution is -0.138. The summed E-state index contributed by atoms with van der Waals surface area (Å²) in [5.41, 5.74) is 4.10. The van der Waals surface area contributed by atoms with Gasteiger partial charge < -0.3 is 21.1 Å². The van der Waals surface area contributed by atoms with Crippen LogP contribution in [-0.2, 0) is 9.59 Å². The van der Waals surface area contributed by atoms with E-state index in [1.165, 1.54) is 0 Å². The second-order valence-corrected chi connectivity index (χ2v) is 5.43. The summed E-state index contributed by atoms with van der Waals surface area (Å²) in [4.78, 5) is 37.3. The van der Waals surface area contributed by atoms with E-state index in [9.17, 15) is 14.4 Å². The second kappa shape index (κ2) is 6.56. The molecule has 20 heavy (non-hydrogen) atoms. The van der Waals surface area contributed by atoms with Gasteiger partial charge in [0.25, 0.3) is 0 Å². The molecule has 1 aliphatic heterocycles. The Kier molecular flexibility index (Phi) is 5.32. The Morgan fingerprint density at radius 3 is 2.40 bits per heavy atom. The molecule has 114 valence electrons. The van der Waals surface area contributed by atoms with Crippen LogP contribution in [0.2, 0.25) is 0 Å². The summed E-state index contributed by atoms with van der Waals surface area (Å²) in [5, 5.41) is 11.3. The Balaban J connectivity index is 2.54. The standard InChI is InChI=1S/C12H22N4O4/c1-12(2,10(13)19)14-11(20)16-5-3-4-15(6-7-16)8-9(17)18/h3-8H2,1-2H3,(H2,13,19)(H,14,20)(H,17,18). The number of primary amides is 1. The summed E-state index contributed by atoms with van der Waals surface area (Å²) in [7, 11) is 0. The van der Waals surface area contributed by atoms with Crippen LogP contribution in [0, 0.1) is 0 Å². The van der Waals surface area contributed by atoms with Gasteiger partial charge in [0.2, 0.25) is 5.91 Å². The molecule has 1 aliphatic rings. The molecule has 0 aromatic carbocycles. The van der Waals surface area contributed by atoms with Crippen molar-refractivity contribution in [1.29, 1.82) is 0 Å². The van der Waals surface area contributed by atoms with Gasteiger partial charge in [0.05, 0.1) is 6.54 Å². The Morgan fingerprint density at radius 1 is 1.20 bits per heavy atom. The number of nitrogens with zero attached hydrogens (tertiary/aromatic N) is 2. The fourth-order valence-electron chi connectivity index (χ4n) is 1.93. The third kappa shape index (κ3) is 4.69. The fraction of sp³-hybridized carbons (Fsp3) is 0.750. The van der Waals surface area contributed by atoms with Gasteiger partial charge in [0, 0.05) is 26.2 Å². The molecular formula is C12H22N4O4. The van der Waals surface area contributed by atoms with Crippen molar-refractivity contribution < 1.29 is 19.5 Å². The molecule has 0 aromatic rings. The molecule has 0 aromatic heterocycles. The Bertz CT molecular complexity index is 397. The van der Waals surface area contributed by atoms with Crippen molar-refractivity contribution in [2.75, 3.05) is 32.7 Å². The Morgan fingerprint density at radius 2 is 1.85 bits per heavy atom. The zero-order valence-electron chi connectivity index (χ0n) is 11.9. The van der Waals surface area contributed by atoms with Crippen molar-refractivity contribution in [3.8, 4) is 0 Å². The molecule has 0 spiro atoms. The normalized spacial score (nSPS) is 17.4. The van der Waals surface area contributed by atoms with Crippen molar-refractivity contribution in [2.24, 2.45) is 5.73 Å². The maximum absolute atomic E-state index is 12.1. The minimum atomic E-state index is -1.11. The zero-order chi connectivity index (χ0) is 15.3. The number of nitrogens with one attached hydrogen (secondary N) is 1. The van der Waals surface area contributed by atoms with Crippen LogP contribution in [0.15, 0.2) is 0 Å². The first-order chi connectivity index (χ1) is 9.22. The van der Waals surface area contributed by atoms with Crippen LogP contribution >= 0.6 is 0 Å². The highest BCUT2D eigenvalue weighted by molar-refractivity contribution is 5.89. The summed E-state index contributed by atoms with van der Waals surface area (Å²) in [6.45, 7) is 5.14. The van der Waals surface area contributed by atoms with Crippen LogP contribution in [0.1, 0.15) is 20.3 Å². The topological polar surface area (TPSA) is 116 Å². The van der Waals surface area contributed by atoms with Gasteiger partial charge >= 0.3 is 12.0 Å². The molecule has 8 nitrogen and oxygen atoms in total. The number of carboxylic acids is 1. The van der Waals surface area contributed by atoms with Crippen LogP contribution in [0.4, 0.5) is 4.79 Å². The lowest BCUT2D eigenvalue weighted by atomic mass is 10.1. The average Bonchev–Trinajstić information content (AvgIpc) is 2.53. The summed E-state index contributed by atoms with van der Waals surface area (Å²) < 4.78 is 0. The van der Waals surface area contributed by atoms with Crippen LogP contribution in [0.25, 0.3) is 0 Å². The molecule has 3 amide bonds. The number of carboxylic acid groups (broad SMARTS) is 1. The molecule has 0 atom stereocenters. The van der Waals surface area contributed by atoms with Gasteiger partial charge in [-0.25, -0.2) is 4.79 Å². The summed E-state index contributed by atoms with van der Waals surface area (Å²) in [6, 6.07) is -0.356. The third-order valence-corrected chi connectivity index (χ3v) is 3.27. The van der Waals surface area contributed by atoms with Gasteiger partial charge in [-0.3, -0.25) is 14.5 Å². The van der Waals surface area contributed by atoms with E-state index in [1.807, 2.05) is 0 Å². The lowest BCUT2D eigenvalue weighted by Gasteiger charge is -2.28. The smallest absolute Gasteiger partial charge is 0.318 e. The molecule has 1 saturated heterocycles. The van der Waals surface area contributed by atoms with Crippen LogP contribution < -0.4 is 11.1 Å². The summed E-state index contributed by atoms with van der Waals surface area (Å²) in [5.74, 6) is -1.48. The SMILES string of the molecule is CC(C)(NC(=O)N1CCCN(CC(=O)O)CC1)C(N)=O. The van der Waals surface area contributed by atoms with Gasteiger partial charge in [-0.15, -0.1) is 0 Å². The van der Waals surface area contributed by atoms with Crippen molar-refractivity contribution in [3.63, 3.8) is 0 Å². The highest BCUT2D eigenvalue weighted by Crippen LogP contribution is 2.06. The van der Waals surface area contributed by atoms with Gasteiger partial charge in [-0.05, 0) is 20.3 Å². The van der Waals surface area contributed by atoms with Crippen molar-refractivity contribution in [1.82, 2.24) is 15.1 Å². The molecule has 0 unspecified atom stereocenters. The van der Waals surface area contributed by atoms with Gasteiger partial charge in [0.15, 0.2) is 0 Å². The minimum Gasteiger partial charge on any atom is -0.480 e. The first-order valence-electron chi connectivity index (χ1n) is 6.53. The number of aliphatic carboxylic acids is 1. The number of urea groups is 1. The van der Waals surface area contributed by atoms with Gasteiger partial charge in [0.1, 0.15) is 5.54 Å². The number of carbonyl (C=O) groups is 3. The average molecular weight is 286 g/mol. The monoisotopic (exact) mass is 286 g/mol. The minimum absolute atomic E-state index is 0.0256. The molecule has 1 heterocycles. The number of rotatable bonds is 4. The van der Waals surface area contributed by atoms with E-state index >= 15 is 0 Å². The van der Waals surface area contributed by atoms with Crippen LogP contribution in [0.5, 0.6) is 0 Å². The number of amides is 3. The van der Waals surface area contributed by atoms with Crippen molar-refractivity contribution in [3.05, 3.63) is 0 Å². The van der Waals surface area contributed by atoms with E-state index in [0.29, 0.717) is 32.6 Å².